The molecule has 0 aromatic carbocycles. The van der Waals surface area contributed by atoms with Gasteiger partial charge in [0.05, 0.1) is 0 Å². The zero-order valence-corrected chi connectivity index (χ0v) is 10.6. The van der Waals surface area contributed by atoms with E-state index in [-0.39, 0.29) is 0 Å². The molecule has 0 bridgehead atoms. The Hall–Kier alpha value is -0.810. The summed E-state index contributed by atoms with van der Waals surface area (Å²) in [6.45, 7) is 7.52. The van der Waals surface area contributed by atoms with Crippen LogP contribution in [0.15, 0.2) is 4.99 Å². The normalized spacial score (nSPS) is 11.6. The van der Waals surface area contributed by atoms with E-state index in [9.17, 15) is 0 Å². The Kier molecular flexibility index (Phi) is 11.6. The average Bonchev–Trinajstić information content (AvgIpc) is 2.32. The van der Waals surface area contributed by atoms with Gasteiger partial charge in [0, 0.05) is 26.3 Å². The summed E-state index contributed by atoms with van der Waals surface area (Å²) in [4.78, 5) is 4.24. The Balaban J connectivity index is 3.34. The molecule has 0 saturated heterocycles. The lowest BCUT2D eigenvalue weighted by Gasteiger charge is -2.09. The Morgan fingerprint density at radius 2 is 1.94 bits per heavy atom. The summed E-state index contributed by atoms with van der Waals surface area (Å²) >= 11 is 0. The number of nitrogens with zero attached hydrogens (tertiary/aromatic N) is 1. The Bertz CT molecular complexity index is 173. The molecule has 5 nitrogen and oxygen atoms in total. The number of hydrogen-bond acceptors (Lipinski definition) is 3. The lowest BCUT2D eigenvalue weighted by molar-refractivity contribution is 0.129. The van der Waals surface area contributed by atoms with Crippen molar-refractivity contribution in [2.45, 2.75) is 39.5 Å². The van der Waals surface area contributed by atoms with Gasteiger partial charge in [-0.15, -0.1) is 0 Å². The van der Waals surface area contributed by atoms with Crippen molar-refractivity contribution in [3.63, 3.8) is 0 Å². The highest BCUT2D eigenvalue weighted by Crippen LogP contribution is 1.89. The molecule has 4 N–H and O–H groups in total. The number of nitrogens with two attached hydrogens (primary N) is 1. The van der Waals surface area contributed by atoms with Gasteiger partial charge in [0.2, 0.25) is 5.96 Å². The molecular weight excluding hydrogens is 204 g/mol. The van der Waals surface area contributed by atoms with Gasteiger partial charge in [0.15, 0.2) is 0 Å². The number of hydrogen-bond donors (Lipinski definition) is 3. The van der Waals surface area contributed by atoms with Gasteiger partial charge in [-0.1, -0.05) is 20.3 Å². The lowest BCUT2D eigenvalue weighted by Crippen LogP contribution is -2.42. The molecule has 0 aliphatic heterocycles. The number of rotatable bonds is 9. The number of guanidine groups is 1. The van der Waals surface area contributed by atoms with Crippen LogP contribution < -0.4 is 16.6 Å². The zero-order chi connectivity index (χ0) is 12.1. The maximum absolute atomic E-state index is 5.44. The standard InChI is InChI=1S/C11H26N4O/c1-3-5-9-16-10-6-8-14-11(15-12)13-7-4-2/h3-10,12H2,1-2H3,(H2,13,14,15). The molecular formula is C11H26N4O. The summed E-state index contributed by atoms with van der Waals surface area (Å²) in [6.07, 6.45) is 4.31. The molecule has 0 aliphatic carbocycles. The summed E-state index contributed by atoms with van der Waals surface area (Å²) in [7, 11) is 0. The second kappa shape index (κ2) is 12.3. The highest BCUT2D eigenvalue weighted by molar-refractivity contribution is 5.79. The predicted octanol–water partition coefficient (Wildman–Crippen LogP) is 1.01. The largest absolute Gasteiger partial charge is 0.381 e. The van der Waals surface area contributed by atoms with Crippen LogP contribution in [-0.2, 0) is 4.74 Å². The van der Waals surface area contributed by atoms with E-state index in [0.717, 1.165) is 45.6 Å². The fourth-order valence-electron chi connectivity index (χ4n) is 1.11. The molecule has 96 valence electrons. The number of aliphatic imine (C=N–C) groups is 1. The third kappa shape index (κ3) is 9.73. The maximum Gasteiger partial charge on any atom is 0.205 e. The van der Waals surface area contributed by atoms with E-state index in [1.54, 1.807) is 0 Å². The van der Waals surface area contributed by atoms with E-state index < -0.39 is 0 Å². The summed E-state index contributed by atoms with van der Waals surface area (Å²) in [6, 6.07) is 0. The van der Waals surface area contributed by atoms with Crippen molar-refractivity contribution >= 4 is 5.96 Å². The molecule has 0 aromatic heterocycles. The van der Waals surface area contributed by atoms with Crippen molar-refractivity contribution in [2.75, 3.05) is 26.3 Å². The summed E-state index contributed by atoms with van der Waals surface area (Å²) in [5, 5.41) is 3.13. The Labute approximate surface area is 98.8 Å². The van der Waals surface area contributed by atoms with Gasteiger partial charge in [-0.2, -0.15) is 0 Å². The van der Waals surface area contributed by atoms with Crippen molar-refractivity contribution in [1.82, 2.24) is 10.7 Å². The second-order valence-corrected chi connectivity index (χ2v) is 3.62. The topological polar surface area (TPSA) is 71.7 Å². The monoisotopic (exact) mass is 230 g/mol. The molecule has 0 atom stereocenters. The molecule has 0 rings (SSSR count). The molecule has 0 amide bonds. The first-order valence-electron chi connectivity index (χ1n) is 6.17. The van der Waals surface area contributed by atoms with Gasteiger partial charge < -0.3 is 10.1 Å². The maximum atomic E-state index is 5.44. The molecule has 5 heteroatoms. The highest BCUT2D eigenvalue weighted by atomic mass is 16.5. The van der Waals surface area contributed by atoms with Crippen molar-refractivity contribution in [2.24, 2.45) is 10.8 Å². The second-order valence-electron chi connectivity index (χ2n) is 3.62. The van der Waals surface area contributed by atoms with Gasteiger partial charge in [-0.3, -0.25) is 10.4 Å². The van der Waals surface area contributed by atoms with Crippen LogP contribution in [0.2, 0.25) is 0 Å². The first-order valence-corrected chi connectivity index (χ1v) is 6.17. The fraction of sp³-hybridized carbons (Fsp3) is 0.909. The molecule has 0 unspecified atom stereocenters. The van der Waals surface area contributed by atoms with E-state index in [2.05, 4.69) is 29.6 Å². The molecule has 0 aliphatic rings. The molecule has 0 fully saturated rings. The number of ether oxygens (including phenoxy) is 1. The van der Waals surface area contributed by atoms with Gasteiger partial charge in [0.1, 0.15) is 0 Å². The molecule has 0 aromatic rings. The number of unbranched alkanes of at least 4 members (excludes halogenated alkanes) is 1. The van der Waals surface area contributed by atoms with E-state index >= 15 is 0 Å². The first kappa shape index (κ1) is 15.2. The quantitative estimate of drug-likeness (QED) is 0.182. The van der Waals surface area contributed by atoms with E-state index in [1.807, 2.05) is 0 Å². The van der Waals surface area contributed by atoms with Crippen molar-refractivity contribution < 1.29 is 4.74 Å². The molecule has 0 heterocycles. The van der Waals surface area contributed by atoms with Crippen LogP contribution in [0.5, 0.6) is 0 Å². The highest BCUT2D eigenvalue weighted by Gasteiger charge is 1.94. The molecule has 0 radical (unpaired) electrons. The van der Waals surface area contributed by atoms with Gasteiger partial charge in [-0.25, -0.2) is 5.84 Å². The minimum atomic E-state index is 0.662. The van der Waals surface area contributed by atoms with E-state index in [4.69, 9.17) is 10.6 Å². The van der Waals surface area contributed by atoms with Crippen LogP contribution in [0.25, 0.3) is 0 Å². The third-order valence-electron chi connectivity index (χ3n) is 2.03. The van der Waals surface area contributed by atoms with E-state index in [0.29, 0.717) is 5.96 Å². The molecule has 0 saturated carbocycles. The summed E-state index contributed by atoms with van der Waals surface area (Å²) in [5.41, 5.74) is 2.55. The minimum absolute atomic E-state index is 0.662. The van der Waals surface area contributed by atoms with Gasteiger partial charge in [0.25, 0.3) is 0 Å². The van der Waals surface area contributed by atoms with Crippen LogP contribution in [0.3, 0.4) is 0 Å². The molecule has 0 spiro atoms. The van der Waals surface area contributed by atoms with E-state index in [1.165, 1.54) is 6.42 Å². The lowest BCUT2D eigenvalue weighted by atomic mass is 10.4. The third-order valence-corrected chi connectivity index (χ3v) is 2.03. The van der Waals surface area contributed by atoms with Gasteiger partial charge in [-0.05, 0) is 19.3 Å². The van der Waals surface area contributed by atoms with Crippen molar-refractivity contribution in [3.05, 3.63) is 0 Å². The molecule has 16 heavy (non-hydrogen) atoms. The Morgan fingerprint density at radius 3 is 2.56 bits per heavy atom. The smallest absolute Gasteiger partial charge is 0.205 e. The van der Waals surface area contributed by atoms with Crippen molar-refractivity contribution in [3.8, 4) is 0 Å². The minimum Gasteiger partial charge on any atom is -0.381 e. The Morgan fingerprint density at radius 1 is 1.19 bits per heavy atom. The first-order chi connectivity index (χ1) is 7.85. The predicted molar refractivity (Wildman–Crippen MR) is 68.3 cm³/mol. The van der Waals surface area contributed by atoms with Crippen LogP contribution in [0.1, 0.15) is 39.5 Å². The SMILES string of the molecule is CCCCOCCCNC(=NCCC)NN. The van der Waals surface area contributed by atoms with Crippen LogP contribution in [0.4, 0.5) is 0 Å². The van der Waals surface area contributed by atoms with Crippen LogP contribution >= 0.6 is 0 Å². The number of hydrazine groups is 1. The van der Waals surface area contributed by atoms with Gasteiger partial charge >= 0.3 is 0 Å². The van der Waals surface area contributed by atoms with Crippen LogP contribution in [0, 0.1) is 0 Å². The fourth-order valence-corrected chi connectivity index (χ4v) is 1.11. The summed E-state index contributed by atoms with van der Waals surface area (Å²) < 4.78 is 5.44. The van der Waals surface area contributed by atoms with Crippen molar-refractivity contribution in [1.29, 1.82) is 0 Å². The summed E-state index contributed by atoms with van der Waals surface area (Å²) in [5.74, 6) is 5.98. The zero-order valence-electron chi connectivity index (χ0n) is 10.6. The van der Waals surface area contributed by atoms with Crippen LogP contribution in [-0.4, -0.2) is 32.3 Å². The average molecular weight is 230 g/mol. The number of nitrogens with one attached hydrogen (secondary N) is 2.